The van der Waals surface area contributed by atoms with Crippen LogP contribution in [0.5, 0.6) is 0 Å². The third-order valence-electron chi connectivity index (χ3n) is 4.13. The van der Waals surface area contributed by atoms with E-state index in [0.717, 1.165) is 32.0 Å². The van der Waals surface area contributed by atoms with E-state index >= 15 is 0 Å². The van der Waals surface area contributed by atoms with Gasteiger partial charge in [-0.1, -0.05) is 13.8 Å². The number of likely N-dealkylation sites (N-methyl/N-ethyl adjacent to an activating group) is 1. The van der Waals surface area contributed by atoms with Crippen LogP contribution in [0.15, 0.2) is 0 Å². The predicted octanol–water partition coefficient (Wildman–Crippen LogP) is 1.35. The number of carbonyl (C=O) groups excluding carboxylic acids is 1. The fourth-order valence-electron chi connectivity index (χ4n) is 3.00. The van der Waals surface area contributed by atoms with Gasteiger partial charge in [-0.05, 0) is 52.1 Å². The normalized spacial score (nSPS) is 26.6. The fraction of sp³-hybridized carbons (Fsp3) is 0.929. The number of nitrogens with two attached hydrogens (primary N) is 1. The van der Waals surface area contributed by atoms with E-state index in [-0.39, 0.29) is 5.91 Å². The summed E-state index contributed by atoms with van der Waals surface area (Å²) in [7, 11) is 0. The maximum absolute atomic E-state index is 11.6. The molecule has 0 aromatic heterocycles. The zero-order valence-corrected chi connectivity index (χ0v) is 12.3. The Balaban J connectivity index is 2.60. The minimum absolute atomic E-state index is 0.249. The Hall–Kier alpha value is -0.610. The lowest BCUT2D eigenvalue weighted by Crippen LogP contribution is -2.56. The molecule has 0 bridgehead atoms. The summed E-state index contributed by atoms with van der Waals surface area (Å²) in [5.41, 5.74) is 4.95. The van der Waals surface area contributed by atoms with Crippen molar-refractivity contribution in [2.24, 2.45) is 11.7 Å². The molecule has 3 unspecified atom stereocenters. The summed E-state index contributed by atoms with van der Waals surface area (Å²) in [6.45, 7) is 11.5. The molecule has 18 heavy (non-hydrogen) atoms. The quantitative estimate of drug-likeness (QED) is 0.753. The van der Waals surface area contributed by atoms with E-state index in [1.807, 2.05) is 13.8 Å². The molecule has 1 fully saturated rings. The summed E-state index contributed by atoms with van der Waals surface area (Å²) in [6, 6.07) is 0.393. The van der Waals surface area contributed by atoms with Crippen molar-refractivity contribution in [2.45, 2.75) is 58.5 Å². The van der Waals surface area contributed by atoms with E-state index in [0.29, 0.717) is 6.04 Å². The van der Waals surface area contributed by atoms with Crippen LogP contribution in [-0.2, 0) is 4.79 Å². The molecule has 3 N–H and O–H groups in total. The molecule has 0 aromatic carbocycles. The molecule has 0 spiro atoms. The van der Waals surface area contributed by atoms with Gasteiger partial charge in [0.1, 0.15) is 0 Å². The van der Waals surface area contributed by atoms with Gasteiger partial charge in [-0.2, -0.15) is 0 Å². The zero-order valence-electron chi connectivity index (χ0n) is 12.3. The van der Waals surface area contributed by atoms with E-state index in [4.69, 9.17) is 5.73 Å². The molecule has 0 radical (unpaired) electrons. The van der Waals surface area contributed by atoms with Crippen LogP contribution in [0.25, 0.3) is 0 Å². The van der Waals surface area contributed by atoms with Crippen molar-refractivity contribution < 1.29 is 4.79 Å². The second-order valence-electron chi connectivity index (χ2n) is 6.02. The maximum atomic E-state index is 11.6. The summed E-state index contributed by atoms with van der Waals surface area (Å²) in [5, 5.41) is 3.24. The third-order valence-corrected chi connectivity index (χ3v) is 4.13. The van der Waals surface area contributed by atoms with Gasteiger partial charge in [-0.3, -0.25) is 4.79 Å². The number of piperidine rings is 1. The minimum atomic E-state index is -0.588. The number of rotatable bonds is 6. The topological polar surface area (TPSA) is 58.4 Å². The van der Waals surface area contributed by atoms with Gasteiger partial charge in [0.05, 0.1) is 5.54 Å². The van der Waals surface area contributed by atoms with Crippen LogP contribution in [0, 0.1) is 5.92 Å². The summed E-state index contributed by atoms with van der Waals surface area (Å²) < 4.78 is 0. The van der Waals surface area contributed by atoms with E-state index in [2.05, 4.69) is 24.1 Å². The number of primary amides is 1. The van der Waals surface area contributed by atoms with E-state index in [9.17, 15) is 4.79 Å². The molecule has 1 saturated heterocycles. The molecule has 1 amide bonds. The van der Waals surface area contributed by atoms with Crippen molar-refractivity contribution in [2.75, 3.05) is 19.6 Å². The zero-order chi connectivity index (χ0) is 13.8. The Morgan fingerprint density at radius 3 is 2.78 bits per heavy atom. The highest BCUT2D eigenvalue weighted by Crippen LogP contribution is 2.22. The molecule has 1 heterocycles. The van der Waals surface area contributed by atoms with Gasteiger partial charge in [-0.25, -0.2) is 0 Å². The average Bonchev–Trinajstić information content (AvgIpc) is 2.29. The highest BCUT2D eigenvalue weighted by Gasteiger charge is 2.34. The molecular formula is C14H29N3O. The molecular weight excluding hydrogens is 226 g/mol. The summed E-state index contributed by atoms with van der Waals surface area (Å²) >= 11 is 0. The van der Waals surface area contributed by atoms with Gasteiger partial charge < -0.3 is 16.0 Å². The number of hydrogen-bond donors (Lipinski definition) is 2. The molecule has 1 aliphatic heterocycles. The first-order chi connectivity index (χ1) is 8.39. The lowest BCUT2D eigenvalue weighted by Gasteiger charge is -2.39. The second kappa shape index (κ2) is 6.53. The first-order valence-corrected chi connectivity index (χ1v) is 7.18. The Kier molecular flexibility index (Phi) is 5.60. The standard InChI is InChI=1S/C14H29N3O/c1-5-16-14(4,13(15)18)9-12(3)17-8-6-7-11(2)10-17/h11-12,16H,5-10H2,1-4H3,(H2,15,18). The maximum Gasteiger partial charge on any atom is 0.237 e. The first-order valence-electron chi connectivity index (χ1n) is 7.18. The number of carbonyl (C=O) groups is 1. The van der Waals surface area contributed by atoms with Gasteiger partial charge in [-0.15, -0.1) is 0 Å². The minimum Gasteiger partial charge on any atom is -0.368 e. The molecule has 0 saturated carbocycles. The molecule has 0 aliphatic carbocycles. The highest BCUT2D eigenvalue weighted by molar-refractivity contribution is 5.84. The third kappa shape index (κ3) is 3.95. The van der Waals surface area contributed by atoms with Crippen molar-refractivity contribution in [3.8, 4) is 0 Å². The predicted molar refractivity (Wildman–Crippen MR) is 75.3 cm³/mol. The van der Waals surface area contributed by atoms with Gasteiger partial charge in [0.25, 0.3) is 0 Å². The molecule has 1 aliphatic rings. The smallest absolute Gasteiger partial charge is 0.237 e. The van der Waals surface area contributed by atoms with Crippen molar-refractivity contribution >= 4 is 5.91 Å². The molecule has 0 aromatic rings. The average molecular weight is 255 g/mol. The van der Waals surface area contributed by atoms with Gasteiger partial charge in [0, 0.05) is 12.6 Å². The number of nitrogens with one attached hydrogen (secondary N) is 1. The molecule has 4 nitrogen and oxygen atoms in total. The van der Waals surface area contributed by atoms with Crippen LogP contribution in [0.2, 0.25) is 0 Å². The fourth-order valence-corrected chi connectivity index (χ4v) is 3.00. The van der Waals surface area contributed by atoms with Gasteiger partial charge in [0.2, 0.25) is 5.91 Å². The number of nitrogens with zero attached hydrogens (tertiary/aromatic N) is 1. The second-order valence-corrected chi connectivity index (χ2v) is 6.02. The monoisotopic (exact) mass is 255 g/mol. The summed E-state index contributed by atoms with van der Waals surface area (Å²) in [4.78, 5) is 14.1. The molecule has 106 valence electrons. The van der Waals surface area contributed by atoms with E-state index in [1.165, 1.54) is 12.8 Å². The van der Waals surface area contributed by atoms with E-state index < -0.39 is 5.54 Å². The number of hydrogen-bond acceptors (Lipinski definition) is 3. The molecule has 3 atom stereocenters. The van der Waals surface area contributed by atoms with Crippen LogP contribution in [-0.4, -0.2) is 42.0 Å². The van der Waals surface area contributed by atoms with Crippen molar-refractivity contribution in [3.05, 3.63) is 0 Å². The SMILES string of the molecule is CCNC(C)(CC(C)N1CCCC(C)C1)C(N)=O. The lowest BCUT2D eigenvalue weighted by atomic mass is 9.90. The van der Waals surface area contributed by atoms with Crippen molar-refractivity contribution in [1.82, 2.24) is 10.2 Å². The Morgan fingerprint density at radius 2 is 2.28 bits per heavy atom. The molecule has 4 heteroatoms. The van der Waals surface area contributed by atoms with E-state index in [1.54, 1.807) is 0 Å². The number of amides is 1. The summed E-state index contributed by atoms with van der Waals surface area (Å²) in [5.74, 6) is 0.515. The summed E-state index contributed by atoms with van der Waals surface area (Å²) in [6.07, 6.45) is 3.37. The largest absolute Gasteiger partial charge is 0.368 e. The Bertz CT molecular complexity index is 282. The Morgan fingerprint density at radius 1 is 1.61 bits per heavy atom. The number of likely N-dealkylation sites (tertiary alicyclic amines) is 1. The lowest BCUT2D eigenvalue weighted by molar-refractivity contribution is -0.124. The molecule has 1 rings (SSSR count). The van der Waals surface area contributed by atoms with Gasteiger partial charge >= 0.3 is 0 Å². The van der Waals surface area contributed by atoms with Gasteiger partial charge in [0.15, 0.2) is 0 Å². The Labute approximate surface area is 111 Å². The van der Waals surface area contributed by atoms with Crippen LogP contribution >= 0.6 is 0 Å². The highest BCUT2D eigenvalue weighted by atomic mass is 16.1. The van der Waals surface area contributed by atoms with Crippen molar-refractivity contribution in [1.29, 1.82) is 0 Å². The van der Waals surface area contributed by atoms with Crippen LogP contribution in [0.1, 0.15) is 47.0 Å². The van der Waals surface area contributed by atoms with Crippen LogP contribution < -0.4 is 11.1 Å². The van der Waals surface area contributed by atoms with Crippen LogP contribution in [0.4, 0.5) is 0 Å². The first kappa shape index (κ1) is 15.4. The van der Waals surface area contributed by atoms with Crippen molar-refractivity contribution in [3.63, 3.8) is 0 Å². The van der Waals surface area contributed by atoms with Crippen LogP contribution in [0.3, 0.4) is 0 Å².